The van der Waals surface area contributed by atoms with Gasteiger partial charge in [0.15, 0.2) is 11.5 Å². The van der Waals surface area contributed by atoms with Crippen molar-refractivity contribution in [1.29, 1.82) is 0 Å². The zero-order valence-corrected chi connectivity index (χ0v) is 10.8. The molecule has 5 heteroatoms. The molecule has 1 aromatic rings. The van der Waals surface area contributed by atoms with Crippen LogP contribution in [0.4, 0.5) is 0 Å². The number of aromatic hydroxyl groups is 2. The highest BCUT2D eigenvalue weighted by atomic mass is 35.5. The minimum atomic E-state index is -1.22. The molecular formula is C13H17ClO4. The van der Waals surface area contributed by atoms with E-state index in [1.165, 1.54) is 6.07 Å². The minimum absolute atomic E-state index is 0.202. The van der Waals surface area contributed by atoms with Crippen molar-refractivity contribution in [1.82, 2.24) is 0 Å². The summed E-state index contributed by atoms with van der Waals surface area (Å²) in [5, 5.41) is 27.9. The van der Waals surface area contributed by atoms with Crippen LogP contribution in [0.5, 0.6) is 11.5 Å². The maximum Gasteiger partial charge on any atom is 0.339 e. The standard InChI is InChI=1S/C13H17ClO4/c14-8-4-2-1-3-5-9-6-7-10(15)12(16)11(9)13(17)18/h6-7,15-16H,1-5,8H2,(H,17,18). The molecule has 0 aromatic heterocycles. The Labute approximate surface area is 111 Å². The predicted molar refractivity (Wildman–Crippen MR) is 69.6 cm³/mol. The number of carboxylic acid groups (broad SMARTS) is 1. The SMILES string of the molecule is O=C(O)c1c(CCCCCCCl)ccc(O)c1O. The fourth-order valence-corrected chi connectivity index (χ4v) is 2.02. The third-order valence-corrected chi connectivity index (χ3v) is 3.05. The van der Waals surface area contributed by atoms with Crippen molar-refractivity contribution in [3.8, 4) is 11.5 Å². The van der Waals surface area contributed by atoms with Gasteiger partial charge in [0.2, 0.25) is 0 Å². The summed E-state index contributed by atoms with van der Waals surface area (Å²) >= 11 is 5.56. The number of hydrogen-bond donors (Lipinski definition) is 3. The fourth-order valence-electron chi connectivity index (χ4n) is 1.83. The van der Waals surface area contributed by atoms with Crippen molar-refractivity contribution < 1.29 is 20.1 Å². The maximum atomic E-state index is 11.0. The number of carboxylic acids is 1. The number of hydrogen-bond acceptors (Lipinski definition) is 3. The van der Waals surface area contributed by atoms with Crippen LogP contribution in [0, 0.1) is 0 Å². The molecule has 0 fully saturated rings. The largest absolute Gasteiger partial charge is 0.504 e. The average Bonchev–Trinajstić information content (AvgIpc) is 2.33. The second-order valence-electron chi connectivity index (χ2n) is 4.13. The Balaban J connectivity index is 2.70. The van der Waals surface area contributed by atoms with E-state index >= 15 is 0 Å². The van der Waals surface area contributed by atoms with E-state index in [9.17, 15) is 15.0 Å². The molecule has 0 amide bonds. The van der Waals surface area contributed by atoms with Gasteiger partial charge in [0.1, 0.15) is 5.56 Å². The smallest absolute Gasteiger partial charge is 0.339 e. The average molecular weight is 273 g/mol. The van der Waals surface area contributed by atoms with E-state index in [0.717, 1.165) is 25.7 Å². The molecule has 0 unspecified atom stereocenters. The lowest BCUT2D eigenvalue weighted by Crippen LogP contribution is -2.03. The highest BCUT2D eigenvalue weighted by molar-refractivity contribution is 6.17. The molecule has 3 N–H and O–H groups in total. The second kappa shape index (κ2) is 7.11. The molecule has 100 valence electrons. The van der Waals surface area contributed by atoms with Gasteiger partial charge in [0.05, 0.1) is 0 Å². The van der Waals surface area contributed by atoms with Crippen molar-refractivity contribution >= 4 is 17.6 Å². The maximum absolute atomic E-state index is 11.0. The number of unbranched alkanes of at least 4 members (excludes halogenated alkanes) is 3. The van der Waals surface area contributed by atoms with Gasteiger partial charge in [0, 0.05) is 5.88 Å². The molecular weight excluding hydrogens is 256 g/mol. The van der Waals surface area contributed by atoms with Gasteiger partial charge < -0.3 is 15.3 Å². The first-order valence-electron chi connectivity index (χ1n) is 5.91. The van der Waals surface area contributed by atoms with Gasteiger partial charge >= 0.3 is 5.97 Å². The van der Waals surface area contributed by atoms with Gasteiger partial charge in [-0.3, -0.25) is 0 Å². The highest BCUT2D eigenvalue weighted by Gasteiger charge is 2.18. The normalized spacial score (nSPS) is 10.5. The molecule has 0 spiro atoms. The summed E-state index contributed by atoms with van der Waals surface area (Å²) in [6.07, 6.45) is 4.33. The Morgan fingerprint density at radius 1 is 1.11 bits per heavy atom. The molecule has 0 saturated carbocycles. The third-order valence-electron chi connectivity index (χ3n) is 2.79. The molecule has 0 aliphatic rings. The Morgan fingerprint density at radius 3 is 2.39 bits per heavy atom. The molecule has 1 aromatic carbocycles. The summed E-state index contributed by atoms with van der Waals surface area (Å²) in [6, 6.07) is 2.86. The number of carbonyl (C=O) groups is 1. The summed E-state index contributed by atoms with van der Waals surface area (Å²) in [4.78, 5) is 11.0. The molecule has 18 heavy (non-hydrogen) atoms. The van der Waals surface area contributed by atoms with Crippen LogP contribution in [0.25, 0.3) is 0 Å². The lowest BCUT2D eigenvalue weighted by molar-refractivity contribution is 0.0691. The topological polar surface area (TPSA) is 77.8 Å². The monoisotopic (exact) mass is 272 g/mol. The van der Waals surface area contributed by atoms with Crippen molar-refractivity contribution in [2.75, 3.05) is 5.88 Å². The highest BCUT2D eigenvalue weighted by Crippen LogP contribution is 2.32. The Hall–Kier alpha value is -1.42. The van der Waals surface area contributed by atoms with E-state index < -0.39 is 17.5 Å². The Bertz CT molecular complexity index is 418. The van der Waals surface area contributed by atoms with Crippen LogP contribution in [-0.4, -0.2) is 27.2 Å². The van der Waals surface area contributed by atoms with Crippen LogP contribution in [0.1, 0.15) is 41.6 Å². The van der Waals surface area contributed by atoms with Crippen LogP contribution < -0.4 is 0 Å². The van der Waals surface area contributed by atoms with Crippen molar-refractivity contribution in [3.63, 3.8) is 0 Å². The van der Waals surface area contributed by atoms with E-state index in [-0.39, 0.29) is 5.56 Å². The minimum Gasteiger partial charge on any atom is -0.504 e. The summed E-state index contributed by atoms with van der Waals surface area (Å²) in [5.41, 5.74) is 0.344. The first-order valence-corrected chi connectivity index (χ1v) is 6.44. The summed E-state index contributed by atoms with van der Waals surface area (Å²) < 4.78 is 0. The molecule has 0 bridgehead atoms. The Kier molecular flexibility index (Phi) is 5.78. The molecule has 4 nitrogen and oxygen atoms in total. The lowest BCUT2D eigenvalue weighted by Gasteiger charge is -2.09. The number of alkyl halides is 1. The quantitative estimate of drug-likeness (QED) is 0.405. The fraction of sp³-hybridized carbons (Fsp3) is 0.462. The molecule has 0 aliphatic carbocycles. The predicted octanol–water partition coefficient (Wildman–Crippen LogP) is 3.14. The van der Waals surface area contributed by atoms with Gasteiger partial charge in [-0.15, -0.1) is 11.6 Å². The molecule has 0 radical (unpaired) electrons. The van der Waals surface area contributed by atoms with E-state index in [2.05, 4.69) is 0 Å². The van der Waals surface area contributed by atoms with E-state index in [0.29, 0.717) is 17.9 Å². The first kappa shape index (κ1) is 14.6. The Morgan fingerprint density at radius 2 is 1.78 bits per heavy atom. The summed E-state index contributed by atoms with van der Waals surface area (Å²) in [5.74, 6) is -1.54. The second-order valence-corrected chi connectivity index (χ2v) is 4.50. The van der Waals surface area contributed by atoms with Crippen LogP contribution in [0.15, 0.2) is 12.1 Å². The van der Waals surface area contributed by atoms with Crippen LogP contribution >= 0.6 is 11.6 Å². The number of benzene rings is 1. The van der Waals surface area contributed by atoms with E-state index in [1.54, 1.807) is 6.07 Å². The van der Waals surface area contributed by atoms with Gasteiger partial charge in [-0.2, -0.15) is 0 Å². The molecule has 0 atom stereocenters. The number of aromatic carboxylic acids is 1. The molecule has 0 aliphatic heterocycles. The number of phenols is 2. The van der Waals surface area contributed by atoms with Gasteiger partial charge in [-0.1, -0.05) is 18.9 Å². The summed E-state index contributed by atoms with van der Waals surface area (Å²) in [7, 11) is 0. The number of rotatable bonds is 7. The van der Waals surface area contributed by atoms with Gasteiger partial charge in [-0.25, -0.2) is 4.79 Å². The lowest BCUT2D eigenvalue weighted by atomic mass is 9.99. The van der Waals surface area contributed by atoms with Crippen LogP contribution in [0.3, 0.4) is 0 Å². The molecule has 1 rings (SSSR count). The molecule has 0 heterocycles. The number of halogens is 1. The zero-order valence-electron chi connectivity index (χ0n) is 10.0. The van der Waals surface area contributed by atoms with Gasteiger partial charge in [0.25, 0.3) is 0 Å². The van der Waals surface area contributed by atoms with Crippen LogP contribution in [0.2, 0.25) is 0 Å². The van der Waals surface area contributed by atoms with E-state index in [1.807, 2.05) is 0 Å². The zero-order chi connectivity index (χ0) is 13.5. The first-order chi connectivity index (χ1) is 8.57. The van der Waals surface area contributed by atoms with Crippen molar-refractivity contribution in [2.45, 2.75) is 32.1 Å². The van der Waals surface area contributed by atoms with Crippen molar-refractivity contribution in [3.05, 3.63) is 23.3 Å². The third kappa shape index (κ3) is 3.81. The van der Waals surface area contributed by atoms with Gasteiger partial charge in [-0.05, 0) is 30.9 Å². The molecule has 0 saturated heterocycles. The number of aryl methyl sites for hydroxylation is 1. The summed E-state index contributed by atoms with van der Waals surface area (Å²) in [6.45, 7) is 0. The van der Waals surface area contributed by atoms with Crippen LogP contribution in [-0.2, 0) is 6.42 Å². The van der Waals surface area contributed by atoms with Crippen molar-refractivity contribution in [2.24, 2.45) is 0 Å². The van der Waals surface area contributed by atoms with E-state index in [4.69, 9.17) is 16.7 Å². The number of phenolic OH excluding ortho intramolecular Hbond substituents is 1.